The van der Waals surface area contributed by atoms with E-state index in [1.54, 1.807) is 6.92 Å². The van der Waals surface area contributed by atoms with Gasteiger partial charge in [0.15, 0.2) is 18.4 Å². The summed E-state index contributed by atoms with van der Waals surface area (Å²) in [5, 5.41) is 52.3. The number of carbonyl (C=O) groups is 6. The van der Waals surface area contributed by atoms with E-state index >= 15 is 0 Å². The van der Waals surface area contributed by atoms with Crippen LogP contribution in [-0.2, 0) is 44.5 Å². The van der Waals surface area contributed by atoms with E-state index in [2.05, 4.69) is 10.6 Å². The third kappa shape index (κ3) is 7.82. The summed E-state index contributed by atoms with van der Waals surface area (Å²) >= 11 is 0. The predicted octanol–water partition coefficient (Wildman–Crippen LogP) is -0.667. The van der Waals surface area contributed by atoms with Gasteiger partial charge in [0.1, 0.15) is 22.8 Å². The molecule has 2 aromatic rings. The van der Waals surface area contributed by atoms with Crippen molar-refractivity contribution in [3.8, 4) is 17.2 Å². The van der Waals surface area contributed by atoms with E-state index in [0.29, 0.717) is 19.7 Å². The van der Waals surface area contributed by atoms with Crippen LogP contribution in [0.3, 0.4) is 0 Å². The van der Waals surface area contributed by atoms with Crippen molar-refractivity contribution in [2.24, 2.45) is 0 Å². The fourth-order valence-corrected chi connectivity index (χ4v) is 8.44. The van der Waals surface area contributed by atoms with E-state index in [4.69, 9.17) is 23.7 Å². The molecular formula is C40H46N4O15. The van der Waals surface area contributed by atoms with E-state index in [-0.39, 0.29) is 60.5 Å². The number of hydrogen-bond donors (Lipinski definition) is 6. The average Bonchev–Trinajstić information content (AvgIpc) is 3.55. The minimum atomic E-state index is -2.35. The van der Waals surface area contributed by atoms with Gasteiger partial charge < -0.3 is 54.7 Å². The number of benzene rings is 2. The molecule has 316 valence electrons. The highest BCUT2D eigenvalue weighted by molar-refractivity contribution is 6.31. The number of amides is 4. The molecule has 19 heteroatoms. The lowest BCUT2D eigenvalue weighted by Gasteiger charge is -2.47. The second-order valence-electron chi connectivity index (χ2n) is 15.0. The minimum absolute atomic E-state index is 0.0697. The molecule has 3 heterocycles. The lowest BCUT2D eigenvalue weighted by Crippen LogP contribution is -2.59. The molecule has 0 spiro atoms. The number of imide groups is 1. The van der Waals surface area contributed by atoms with Crippen LogP contribution in [0.25, 0.3) is 0 Å². The van der Waals surface area contributed by atoms with Gasteiger partial charge in [-0.25, -0.2) is 0 Å². The number of ketones is 2. The molecular weight excluding hydrogens is 776 g/mol. The molecule has 19 nitrogen and oxygen atoms in total. The number of morpholine rings is 1. The first-order valence-corrected chi connectivity index (χ1v) is 19.2. The van der Waals surface area contributed by atoms with Gasteiger partial charge in [0.25, 0.3) is 17.7 Å². The van der Waals surface area contributed by atoms with Crippen LogP contribution in [0.15, 0.2) is 30.4 Å². The fourth-order valence-electron chi connectivity index (χ4n) is 8.44. The summed E-state index contributed by atoms with van der Waals surface area (Å²) in [6.07, 6.45) is -3.86. The van der Waals surface area contributed by atoms with Crippen LogP contribution >= 0.6 is 0 Å². The highest BCUT2D eigenvalue weighted by Gasteiger charge is 2.51. The Morgan fingerprint density at radius 2 is 1.68 bits per heavy atom. The fraction of sp³-hybridized carbons (Fsp3) is 0.500. The summed E-state index contributed by atoms with van der Waals surface area (Å²) < 4.78 is 28.9. The first-order chi connectivity index (χ1) is 28.2. The van der Waals surface area contributed by atoms with Gasteiger partial charge in [-0.1, -0.05) is 12.1 Å². The molecule has 2 saturated heterocycles. The van der Waals surface area contributed by atoms with Crippen LogP contribution in [0.5, 0.6) is 17.2 Å². The Hall–Kier alpha value is -5.28. The monoisotopic (exact) mass is 822 g/mol. The van der Waals surface area contributed by atoms with E-state index in [1.165, 1.54) is 32.4 Å². The van der Waals surface area contributed by atoms with Crippen molar-refractivity contribution < 1.29 is 72.9 Å². The summed E-state index contributed by atoms with van der Waals surface area (Å²) in [7, 11) is 2.83. The highest BCUT2D eigenvalue weighted by Crippen LogP contribution is 2.52. The number of ether oxygens (including phenoxy) is 5. The number of phenolic OH excluding ortho intramolecular Hbond substituents is 2. The molecule has 2 fully saturated rings. The Balaban J connectivity index is 1.16. The van der Waals surface area contributed by atoms with Crippen molar-refractivity contribution in [2.45, 2.75) is 75.1 Å². The lowest BCUT2D eigenvalue weighted by molar-refractivity contribution is -0.266. The second-order valence-corrected chi connectivity index (χ2v) is 15.0. The van der Waals surface area contributed by atoms with Crippen LogP contribution in [0.4, 0.5) is 0 Å². The summed E-state index contributed by atoms with van der Waals surface area (Å²) in [4.78, 5) is 80.8. The Morgan fingerprint density at radius 3 is 2.39 bits per heavy atom. The molecule has 59 heavy (non-hydrogen) atoms. The van der Waals surface area contributed by atoms with E-state index in [9.17, 15) is 49.2 Å². The molecule has 2 aromatic carbocycles. The summed E-state index contributed by atoms with van der Waals surface area (Å²) in [5.74, 6) is -5.46. The number of nitrogens with zero attached hydrogens (tertiary/aromatic N) is 2. The maximum Gasteiger partial charge on any atom is 0.253 e. The van der Waals surface area contributed by atoms with E-state index in [0.717, 1.165) is 17.1 Å². The van der Waals surface area contributed by atoms with Gasteiger partial charge in [0.2, 0.25) is 11.7 Å². The normalized spacial score (nSPS) is 27.9. The second kappa shape index (κ2) is 16.8. The van der Waals surface area contributed by atoms with Gasteiger partial charge in [-0.05, 0) is 13.0 Å². The molecule has 0 bridgehead atoms. The zero-order valence-electron chi connectivity index (χ0n) is 32.6. The van der Waals surface area contributed by atoms with Gasteiger partial charge in [-0.2, -0.15) is 0 Å². The Labute approximate surface area is 337 Å². The van der Waals surface area contributed by atoms with Crippen molar-refractivity contribution in [1.82, 2.24) is 20.4 Å². The number of hydrogen-bond acceptors (Lipinski definition) is 16. The zero-order valence-corrected chi connectivity index (χ0v) is 32.6. The van der Waals surface area contributed by atoms with Crippen molar-refractivity contribution in [2.75, 3.05) is 53.6 Å². The highest BCUT2D eigenvalue weighted by atomic mass is 16.7. The summed E-state index contributed by atoms with van der Waals surface area (Å²) in [5.41, 5.74) is -3.91. The third-order valence-corrected chi connectivity index (χ3v) is 11.5. The Morgan fingerprint density at radius 1 is 0.966 bits per heavy atom. The molecule has 7 atom stereocenters. The number of fused-ring (bicyclic) bond motifs is 3. The standard InChI is InChI=1S/C40H46N4O15/c1-19-34(48)22(43-13-14-57-29(18-43)56-3)15-28(58-19)59-24-17-40(54,39(53)42-11-10-41-25(45)9-12-44-26(46)7-8-27(44)47)16-21-31(24)38(52)33-32(36(21)50)35(49)20-5-4-6-23(55-2)30(20)37(33)51/h4-8,19,22,24,28-29,34,48,50,52,54H,9-18H2,1-3H3,(H,41,45)(H,42,53)/t19-,22-,24-,28-,29-,34+,40-/m0/s1. The molecule has 0 unspecified atom stereocenters. The number of phenols is 2. The molecule has 6 N–H and O–H groups in total. The lowest BCUT2D eigenvalue weighted by atomic mass is 9.72. The number of nitrogens with one attached hydrogen (secondary N) is 2. The SMILES string of the molecule is COc1cccc2c1C(=O)c1c(O)c3c(c(O)c1C2=O)C[C@@](O)(C(=O)NCCNC(=O)CCN1C(=O)C=CC1=O)C[C@@H]3O[C@H]1C[C@H](N2CCO[C@H](OC)C2)[C@H](O)[C@H](C)O1. The van der Waals surface area contributed by atoms with Crippen molar-refractivity contribution in [1.29, 1.82) is 0 Å². The predicted molar refractivity (Wildman–Crippen MR) is 200 cm³/mol. The summed E-state index contributed by atoms with van der Waals surface area (Å²) in [6, 6.07) is 3.83. The Bertz CT molecular complexity index is 2090. The van der Waals surface area contributed by atoms with Gasteiger partial charge >= 0.3 is 0 Å². The third-order valence-electron chi connectivity index (χ3n) is 11.5. The van der Waals surface area contributed by atoms with E-state index in [1.807, 2.05) is 4.90 Å². The Kier molecular flexibility index (Phi) is 11.9. The van der Waals surface area contributed by atoms with Gasteiger partial charge in [0, 0.05) is 100 Å². The number of aromatic hydroxyl groups is 2. The first kappa shape index (κ1) is 41.9. The molecule has 2 aliphatic carbocycles. The van der Waals surface area contributed by atoms with Gasteiger partial charge in [0.05, 0.1) is 48.7 Å². The van der Waals surface area contributed by atoms with Crippen molar-refractivity contribution in [3.05, 3.63) is 63.7 Å². The zero-order chi connectivity index (χ0) is 42.3. The summed E-state index contributed by atoms with van der Waals surface area (Å²) in [6.45, 7) is 2.37. The number of rotatable bonds is 12. The smallest absolute Gasteiger partial charge is 0.253 e. The van der Waals surface area contributed by atoms with Crippen LogP contribution in [0.1, 0.15) is 75.3 Å². The number of methoxy groups -OCH3 is 2. The van der Waals surface area contributed by atoms with Gasteiger partial charge in [-0.3, -0.25) is 38.6 Å². The average molecular weight is 823 g/mol. The molecule has 4 amide bonds. The molecule has 3 aliphatic heterocycles. The topological polar surface area (TPSA) is 260 Å². The maximum absolute atomic E-state index is 14.1. The molecule has 0 aromatic heterocycles. The van der Waals surface area contributed by atoms with Crippen LogP contribution in [0.2, 0.25) is 0 Å². The number of aliphatic hydroxyl groups is 2. The van der Waals surface area contributed by atoms with Crippen molar-refractivity contribution >= 4 is 35.2 Å². The van der Waals surface area contributed by atoms with Crippen molar-refractivity contribution in [3.63, 3.8) is 0 Å². The minimum Gasteiger partial charge on any atom is -0.507 e. The molecule has 7 rings (SSSR count). The maximum atomic E-state index is 14.1. The quantitative estimate of drug-likeness (QED) is 0.0752. The van der Waals surface area contributed by atoms with Gasteiger partial charge in [-0.15, -0.1) is 0 Å². The van der Waals surface area contributed by atoms with Crippen LogP contribution in [0, 0.1) is 0 Å². The van der Waals surface area contributed by atoms with Crippen LogP contribution < -0.4 is 15.4 Å². The molecule has 5 aliphatic rings. The number of aliphatic hydroxyl groups excluding tert-OH is 1. The largest absolute Gasteiger partial charge is 0.507 e. The number of carbonyl (C=O) groups excluding carboxylic acids is 6. The molecule has 0 radical (unpaired) electrons. The van der Waals surface area contributed by atoms with Crippen LogP contribution in [-0.4, -0.2) is 155 Å². The first-order valence-electron chi connectivity index (χ1n) is 19.2. The molecule has 0 saturated carbocycles. The van der Waals surface area contributed by atoms with E-state index < -0.39 is 113 Å².